The number of benzene rings is 1. The van der Waals surface area contributed by atoms with E-state index in [-0.39, 0.29) is 0 Å². The van der Waals surface area contributed by atoms with Crippen molar-refractivity contribution in [3.05, 3.63) is 34.4 Å². The van der Waals surface area contributed by atoms with Gasteiger partial charge >= 0.3 is 23.9 Å². The molecule has 1 aromatic carbocycles. The van der Waals surface area contributed by atoms with Crippen LogP contribution in [0.4, 0.5) is 0 Å². The Balaban J connectivity index is 3.73. The Morgan fingerprint density at radius 3 is 0.738 bits per heavy atom. The lowest BCUT2D eigenvalue weighted by atomic mass is 9.98. The van der Waals surface area contributed by atoms with Crippen molar-refractivity contribution in [1.82, 2.24) is 0 Å². The van der Waals surface area contributed by atoms with Gasteiger partial charge in [0, 0.05) is 0 Å². The second kappa shape index (κ2) is 14.9. The van der Waals surface area contributed by atoms with Gasteiger partial charge in [0.1, 0.15) is 22.4 Å². The number of hydrogen-bond donors (Lipinski definition) is 0. The zero-order chi connectivity index (χ0) is 32.5. The smallest absolute Gasteiger partial charge is 0.292 e. The van der Waals surface area contributed by atoms with Crippen molar-refractivity contribution in [1.29, 1.82) is 0 Å². The van der Waals surface area contributed by atoms with Crippen LogP contribution in [0.25, 0.3) is 0 Å². The van der Waals surface area contributed by atoms with Crippen LogP contribution < -0.4 is 0 Å². The van der Waals surface area contributed by atoms with Crippen molar-refractivity contribution in [2.45, 2.75) is 131 Å². The molecular weight excluding hydrogens is 552 g/mol. The first kappa shape index (κ1) is 37.0. The van der Waals surface area contributed by atoms with Crippen molar-refractivity contribution in [3.63, 3.8) is 0 Å². The summed E-state index contributed by atoms with van der Waals surface area (Å²) in [5, 5.41) is 0. The number of carbonyl (C=O) groups excluding carboxylic acids is 4. The zero-order valence-corrected chi connectivity index (χ0v) is 26.9. The fourth-order valence-electron chi connectivity index (χ4n) is 2.29. The van der Waals surface area contributed by atoms with E-state index in [0.29, 0.717) is 25.7 Å². The molecule has 0 aliphatic carbocycles. The predicted octanol–water partition coefficient (Wildman–Crippen LogP) is 6.79. The van der Waals surface area contributed by atoms with E-state index in [9.17, 15) is 19.2 Å². The molecule has 42 heavy (non-hydrogen) atoms. The van der Waals surface area contributed by atoms with Crippen molar-refractivity contribution in [3.8, 4) is 0 Å². The van der Waals surface area contributed by atoms with E-state index in [0.717, 1.165) is 12.1 Å². The summed E-state index contributed by atoms with van der Waals surface area (Å²) in [6.07, 6.45) is 1.93. The Morgan fingerprint density at radius 1 is 0.429 bits per heavy atom. The Bertz CT molecular complexity index is 947. The van der Waals surface area contributed by atoms with Gasteiger partial charge in [-0.2, -0.15) is 19.6 Å². The standard InChI is InChI=1S/C30H46O12/c1-13-27(5,6)39-35-23(31)19-17-21(25(33)37-41-29(9,10)15-3)22(26(34)38-42-30(11,12)16-4)18-20(19)24(32)36-40-28(7,8)14-2/h17-18H,13-16H2,1-12H3. The highest BCUT2D eigenvalue weighted by Crippen LogP contribution is 2.26. The largest absolute Gasteiger partial charge is 0.374 e. The normalized spacial score (nSPS) is 12.5. The molecule has 0 amide bonds. The number of hydrogen-bond acceptors (Lipinski definition) is 12. The summed E-state index contributed by atoms with van der Waals surface area (Å²) in [6.45, 7) is 20.7. The van der Waals surface area contributed by atoms with Crippen LogP contribution in [-0.2, 0) is 39.1 Å². The minimum Gasteiger partial charge on any atom is -0.292 e. The van der Waals surface area contributed by atoms with Crippen LogP contribution in [0.2, 0.25) is 0 Å². The molecule has 12 nitrogen and oxygen atoms in total. The molecule has 1 rings (SSSR count). The lowest BCUT2D eigenvalue weighted by Crippen LogP contribution is -2.29. The molecule has 0 fully saturated rings. The number of rotatable bonds is 16. The molecule has 0 aliphatic rings. The molecule has 0 N–H and O–H groups in total. The van der Waals surface area contributed by atoms with E-state index < -0.39 is 68.5 Å². The third-order valence-electron chi connectivity index (χ3n) is 6.81. The Hall–Kier alpha value is -3.06. The highest BCUT2D eigenvalue weighted by atomic mass is 17.2. The fraction of sp³-hybridized carbons (Fsp3) is 0.667. The summed E-state index contributed by atoms with van der Waals surface area (Å²) in [7, 11) is 0. The fourth-order valence-corrected chi connectivity index (χ4v) is 2.29. The zero-order valence-electron chi connectivity index (χ0n) is 26.9. The van der Waals surface area contributed by atoms with Crippen LogP contribution in [-0.4, -0.2) is 46.3 Å². The summed E-state index contributed by atoms with van der Waals surface area (Å²) >= 11 is 0. The van der Waals surface area contributed by atoms with E-state index >= 15 is 0 Å². The third kappa shape index (κ3) is 11.3. The maximum Gasteiger partial charge on any atom is 0.374 e. The van der Waals surface area contributed by atoms with Gasteiger partial charge in [0.05, 0.1) is 22.3 Å². The monoisotopic (exact) mass is 598 g/mol. The lowest BCUT2D eigenvalue weighted by molar-refractivity contribution is -0.309. The van der Waals surface area contributed by atoms with Crippen LogP contribution in [0.15, 0.2) is 12.1 Å². The van der Waals surface area contributed by atoms with Crippen molar-refractivity contribution in [2.75, 3.05) is 0 Å². The minimum absolute atomic E-state index is 0.474. The molecule has 0 radical (unpaired) electrons. The summed E-state index contributed by atoms with van der Waals surface area (Å²) in [6, 6.07) is 1.86. The Morgan fingerprint density at radius 2 is 0.595 bits per heavy atom. The van der Waals surface area contributed by atoms with E-state index in [1.807, 2.05) is 27.7 Å². The second-order valence-electron chi connectivity index (χ2n) is 12.2. The third-order valence-corrected chi connectivity index (χ3v) is 6.81. The quantitative estimate of drug-likeness (QED) is 0.146. The Labute approximate surface area is 247 Å². The van der Waals surface area contributed by atoms with Crippen LogP contribution in [0, 0.1) is 0 Å². The van der Waals surface area contributed by atoms with Crippen molar-refractivity contribution in [2.24, 2.45) is 0 Å². The molecule has 1 aromatic rings. The highest BCUT2D eigenvalue weighted by Gasteiger charge is 2.33. The minimum atomic E-state index is -1.15. The molecule has 0 atom stereocenters. The van der Waals surface area contributed by atoms with Gasteiger partial charge in [0.25, 0.3) is 0 Å². The molecule has 0 saturated heterocycles. The first-order chi connectivity index (χ1) is 19.2. The van der Waals surface area contributed by atoms with E-state index in [1.165, 1.54) is 0 Å². The molecule has 0 heterocycles. The topological polar surface area (TPSA) is 142 Å². The molecule has 0 spiro atoms. The van der Waals surface area contributed by atoms with Crippen LogP contribution >= 0.6 is 0 Å². The van der Waals surface area contributed by atoms with Crippen molar-refractivity contribution < 1.29 is 58.3 Å². The van der Waals surface area contributed by atoms with Gasteiger partial charge in [-0.3, -0.25) is 19.6 Å². The van der Waals surface area contributed by atoms with Gasteiger partial charge in [-0.15, -0.1) is 0 Å². The summed E-state index contributed by atoms with van der Waals surface area (Å²) in [4.78, 5) is 93.7. The second-order valence-corrected chi connectivity index (χ2v) is 12.2. The molecule has 12 heteroatoms. The summed E-state index contributed by atoms with van der Waals surface area (Å²) in [5.41, 5.74) is -5.34. The average molecular weight is 599 g/mol. The molecule has 0 aromatic heterocycles. The molecule has 0 aliphatic heterocycles. The molecule has 0 unspecified atom stereocenters. The van der Waals surface area contributed by atoms with Gasteiger partial charge in [-0.25, -0.2) is 19.2 Å². The average Bonchev–Trinajstić information content (AvgIpc) is 2.95. The first-order valence-electron chi connectivity index (χ1n) is 14.0. The summed E-state index contributed by atoms with van der Waals surface area (Å²) < 4.78 is 0. The van der Waals surface area contributed by atoms with E-state index in [1.54, 1.807) is 55.4 Å². The van der Waals surface area contributed by atoms with Gasteiger partial charge < -0.3 is 0 Å². The van der Waals surface area contributed by atoms with Crippen LogP contribution in [0.3, 0.4) is 0 Å². The molecular formula is C30H46O12. The van der Waals surface area contributed by atoms with Gasteiger partial charge in [0.2, 0.25) is 0 Å². The molecule has 0 saturated carbocycles. The maximum absolute atomic E-state index is 13.2. The first-order valence-corrected chi connectivity index (χ1v) is 14.0. The van der Waals surface area contributed by atoms with Crippen LogP contribution in [0.5, 0.6) is 0 Å². The maximum atomic E-state index is 13.2. The molecule has 0 bridgehead atoms. The highest BCUT2D eigenvalue weighted by molar-refractivity contribution is 6.10. The molecule has 238 valence electrons. The van der Waals surface area contributed by atoms with E-state index in [2.05, 4.69) is 0 Å². The van der Waals surface area contributed by atoms with Crippen molar-refractivity contribution >= 4 is 23.9 Å². The summed E-state index contributed by atoms with van der Waals surface area (Å²) in [5.74, 6) is -4.59. The van der Waals surface area contributed by atoms with Crippen LogP contribution in [0.1, 0.15) is 150 Å². The van der Waals surface area contributed by atoms with Gasteiger partial charge in [-0.05, 0) is 93.2 Å². The predicted molar refractivity (Wildman–Crippen MR) is 150 cm³/mol. The van der Waals surface area contributed by atoms with Gasteiger partial charge in [0.15, 0.2) is 0 Å². The van der Waals surface area contributed by atoms with E-state index in [4.69, 9.17) is 39.1 Å². The van der Waals surface area contributed by atoms with Gasteiger partial charge in [-0.1, -0.05) is 27.7 Å². The number of carbonyl (C=O) groups is 4. The SMILES string of the molecule is CCC(C)(C)OOC(=O)c1cc(C(=O)OOC(C)(C)CC)c(C(=O)OOC(C)(C)CC)cc1C(=O)OOC(C)(C)CC. The Kier molecular flexibility index (Phi) is 13.1. The lowest BCUT2D eigenvalue weighted by Gasteiger charge is -2.23.